The Bertz CT molecular complexity index is 259. The molecule has 1 aromatic rings. The van der Waals surface area contributed by atoms with Crippen LogP contribution in [0.4, 0.5) is 0 Å². The second-order valence-corrected chi connectivity index (χ2v) is 3.63. The van der Waals surface area contributed by atoms with E-state index in [9.17, 15) is 0 Å². The normalized spacial score (nSPS) is 10.3. The van der Waals surface area contributed by atoms with Gasteiger partial charge in [-0.05, 0) is 37.0 Å². The van der Waals surface area contributed by atoms with Crippen molar-refractivity contribution in [3.8, 4) is 5.75 Å². The summed E-state index contributed by atoms with van der Waals surface area (Å²) in [5, 5.41) is 0. The van der Waals surface area contributed by atoms with Crippen LogP contribution in [0.1, 0.15) is 25.3 Å². The van der Waals surface area contributed by atoms with E-state index in [1.807, 2.05) is 12.1 Å². The molecule has 0 aliphatic heterocycles. The van der Waals surface area contributed by atoms with Gasteiger partial charge in [0.05, 0.1) is 25.1 Å². The van der Waals surface area contributed by atoms with Crippen molar-refractivity contribution in [2.24, 2.45) is 0 Å². The van der Waals surface area contributed by atoms with E-state index in [4.69, 9.17) is 16.6 Å². The van der Waals surface area contributed by atoms with Crippen molar-refractivity contribution >= 4 is 11.9 Å². The van der Waals surface area contributed by atoms with Crippen molar-refractivity contribution in [1.82, 2.24) is 0 Å². The smallest absolute Gasteiger partial charge is 0.119 e. The lowest BCUT2D eigenvalue weighted by molar-refractivity contribution is 0.317. The molecule has 84 valence electrons. The molecule has 0 unspecified atom stereocenters. The van der Waals surface area contributed by atoms with Crippen LogP contribution in [0, 0.1) is 0 Å². The van der Waals surface area contributed by atoms with Gasteiger partial charge in [0.25, 0.3) is 0 Å². The lowest BCUT2D eigenvalue weighted by atomic mass is 10.1. The highest BCUT2D eigenvalue weighted by atomic mass is 35.5. The molecule has 0 N–H and O–H groups in total. The van der Waals surface area contributed by atoms with Gasteiger partial charge in [0.15, 0.2) is 0 Å². The van der Waals surface area contributed by atoms with Gasteiger partial charge in [0.1, 0.15) is 5.75 Å². The molecule has 0 radical (unpaired) electrons. The van der Waals surface area contributed by atoms with E-state index in [0.717, 1.165) is 31.6 Å². The summed E-state index contributed by atoms with van der Waals surface area (Å²) in [6.07, 6.45) is 2.97. The predicted molar refractivity (Wildman–Crippen MR) is 62.4 cm³/mol. The van der Waals surface area contributed by atoms with Gasteiger partial charge in [-0.1, -0.05) is 19.1 Å². The molecular formula is C12H17ClO2. The largest absolute Gasteiger partial charge is 0.494 e. The summed E-state index contributed by atoms with van der Waals surface area (Å²) in [6, 6.07) is 8.18. The zero-order valence-corrected chi connectivity index (χ0v) is 9.80. The van der Waals surface area contributed by atoms with Crippen LogP contribution in [0.25, 0.3) is 0 Å². The van der Waals surface area contributed by atoms with E-state index in [-0.39, 0.29) is 0 Å². The van der Waals surface area contributed by atoms with Crippen molar-refractivity contribution in [1.29, 1.82) is 0 Å². The zero-order chi connectivity index (χ0) is 10.9. The molecule has 1 aromatic carbocycles. The Balaban J connectivity index is 2.35. The Morgan fingerprint density at radius 2 is 1.87 bits per heavy atom. The third kappa shape index (κ3) is 5.05. The van der Waals surface area contributed by atoms with Crippen molar-refractivity contribution in [2.75, 3.05) is 13.2 Å². The average molecular weight is 229 g/mol. The minimum atomic E-state index is 0.593. The van der Waals surface area contributed by atoms with Crippen molar-refractivity contribution in [3.63, 3.8) is 0 Å². The second kappa shape index (κ2) is 7.55. The number of rotatable bonds is 7. The molecule has 0 amide bonds. The van der Waals surface area contributed by atoms with Crippen LogP contribution in [0.15, 0.2) is 24.3 Å². The van der Waals surface area contributed by atoms with Crippen molar-refractivity contribution in [3.05, 3.63) is 29.8 Å². The van der Waals surface area contributed by atoms with Gasteiger partial charge in [-0.15, -0.1) is 0 Å². The summed E-state index contributed by atoms with van der Waals surface area (Å²) in [5.41, 5.74) is 1.28. The van der Waals surface area contributed by atoms with Crippen LogP contribution in [-0.2, 0) is 10.7 Å². The van der Waals surface area contributed by atoms with Gasteiger partial charge < -0.3 is 4.74 Å². The average Bonchev–Trinajstić information content (AvgIpc) is 2.28. The number of halogens is 1. The van der Waals surface area contributed by atoms with E-state index in [2.05, 4.69) is 23.3 Å². The molecule has 0 bridgehead atoms. The quantitative estimate of drug-likeness (QED) is 0.665. The van der Waals surface area contributed by atoms with E-state index in [1.165, 1.54) is 5.56 Å². The lowest BCUT2D eigenvalue weighted by Gasteiger charge is -2.05. The van der Waals surface area contributed by atoms with Crippen molar-refractivity contribution < 1.29 is 9.03 Å². The van der Waals surface area contributed by atoms with Gasteiger partial charge in [0.2, 0.25) is 0 Å². The highest BCUT2D eigenvalue weighted by Gasteiger charge is 1.95. The molecule has 2 nitrogen and oxygen atoms in total. The fraction of sp³-hybridized carbons (Fsp3) is 0.500. The lowest BCUT2D eigenvalue weighted by Crippen LogP contribution is -1.95. The first-order valence-corrected chi connectivity index (χ1v) is 5.63. The van der Waals surface area contributed by atoms with E-state index < -0.39 is 0 Å². The summed E-state index contributed by atoms with van der Waals surface area (Å²) in [4.78, 5) is 0. The van der Waals surface area contributed by atoms with E-state index in [0.29, 0.717) is 6.61 Å². The molecule has 3 heteroatoms. The minimum absolute atomic E-state index is 0.593. The number of hydrogen-bond donors (Lipinski definition) is 0. The zero-order valence-electron chi connectivity index (χ0n) is 9.04. The molecule has 0 atom stereocenters. The molecule has 0 aliphatic carbocycles. The molecule has 0 aromatic heterocycles. The van der Waals surface area contributed by atoms with Gasteiger partial charge in [-0.25, -0.2) is 0 Å². The Hall–Kier alpha value is -0.730. The molecule has 0 aliphatic rings. The number of hydrogen-bond acceptors (Lipinski definition) is 2. The molecule has 0 saturated carbocycles. The summed E-state index contributed by atoms with van der Waals surface area (Å²) >= 11 is 5.13. The second-order valence-electron chi connectivity index (χ2n) is 3.41. The first-order valence-electron chi connectivity index (χ1n) is 5.32. The van der Waals surface area contributed by atoms with Gasteiger partial charge >= 0.3 is 0 Å². The van der Waals surface area contributed by atoms with E-state index >= 15 is 0 Å². The van der Waals surface area contributed by atoms with Crippen LogP contribution in [0.2, 0.25) is 0 Å². The highest BCUT2D eigenvalue weighted by molar-refractivity contribution is 6.07. The Morgan fingerprint density at radius 1 is 1.13 bits per heavy atom. The number of ether oxygens (including phenoxy) is 1. The number of benzene rings is 1. The fourth-order valence-corrected chi connectivity index (χ4v) is 1.41. The van der Waals surface area contributed by atoms with Gasteiger partial charge in [-0.3, -0.25) is 4.29 Å². The molecular weight excluding hydrogens is 212 g/mol. The van der Waals surface area contributed by atoms with Crippen molar-refractivity contribution in [2.45, 2.75) is 26.2 Å². The first-order chi connectivity index (χ1) is 7.36. The molecule has 0 spiro atoms. The fourth-order valence-electron chi connectivity index (χ4n) is 1.30. The summed E-state index contributed by atoms with van der Waals surface area (Å²) in [6.45, 7) is 3.47. The Kier molecular flexibility index (Phi) is 6.21. The highest BCUT2D eigenvalue weighted by Crippen LogP contribution is 2.13. The molecule has 15 heavy (non-hydrogen) atoms. The SMILES string of the molecule is CCCOc1ccc(CCCOCl)cc1. The summed E-state index contributed by atoms with van der Waals surface area (Å²) in [5.74, 6) is 0.939. The molecule has 0 fully saturated rings. The maximum absolute atomic E-state index is 5.49. The first kappa shape index (κ1) is 12.3. The Labute approximate surface area is 96.3 Å². The topological polar surface area (TPSA) is 18.5 Å². The summed E-state index contributed by atoms with van der Waals surface area (Å²) < 4.78 is 9.98. The third-order valence-corrected chi connectivity index (χ3v) is 2.24. The third-order valence-electron chi connectivity index (χ3n) is 2.08. The number of aryl methyl sites for hydroxylation is 1. The predicted octanol–water partition coefficient (Wildman–Crippen LogP) is 3.58. The monoisotopic (exact) mass is 228 g/mol. The maximum Gasteiger partial charge on any atom is 0.119 e. The Morgan fingerprint density at radius 3 is 2.47 bits per heavy atom. The van der Waals surface area contributed by atoms with Crippen LogP contribution in [-0.4, -0.2) is 13.2 Å². The molecule has 0 saturated heterocycles. The molecule has 0 heterocycles. The standard InChI is InChI=1S/C12H17ClO2/c1-2-9-14-12-7-5-11(6-8-12)4-3-10-15-13/h5-8H,2-4,9-10H2,1H3. The van der Waals surface area contributed by atoms with Crippen LogP contribution >= 0.6 is 11.9 Å². The minimum Gasteiger partial charge on any atom is -0.494 e. The maximum atomic E-state index is 5.49. The van der Waals surface area contributed by atoms with Crippen LogP contribution < -0.4 is 4.74 Å². The van der Waals surface area contributed by atoms with Gasteiger partial charge in [0, 0.05) is 0 Å². The summed E-state index contributed by atoms with van der Waals surface area (Å²) in [7, 11) is 0. The van der Waals surface area contributed by atoms with Crippen LogP contribution in [0.3, 0.4) is 0 Å². The van der Waals surface area contributed by atoms with Crippen LogP contribution in [0.5, 0.6) is 5.75 Å². The molecule has 1 rings (SSSR count). The van der Waals surface area contributed by atoms with E-state index in [1.54, 1.807) is 0 Å². The van der Waals surface area contributed by atoms with Gasteiger partial charge in [-0.2, -0.15) is 0 Å².